The summed E-state index contributed by atoms with van der Waals surface area (Å²) in [6, 6.07) is 5.47. The van der Waals surface area contributed by atoms with Crippen LogP contribution in [-0.4, -0.2) is 20.3 Å². The third-order valence-corrected chi connectivity index (χ3v) is 2.76. The van der Waals surface area contributed by atoms with Crippen LogP contribution in [0.1, 0.15) is 5.69 Å². The topological polar surface area (TPSA) is 54.6 Å². The van der Waals surface area contributed by atoms with Crippen molar-refractivity contribution in [3.63, 3.8) is 0 Å². The highest BCUT2D eigenvalue weighted by molar-refractivity contribution is 6.10. The van der Waals surface area contributed by atoms with Gasteiger partial charge in [-0.15, -0.1) is 0 Å². The lowest BCUT2D eigenvalue weighted by Gasteiger charge is -2.01. The highest BCUT2D eigenvalue weighted by atomic mass is 16.3. The molecule has 0 amide bonds. The summed E-state index contributed by atoms with van der Waals surface area (Å²) in [6.07, 6.45) is 10.1. The molecule has 0 aliphatic heterocycles. The number of allylic oxidation sites excluding steroid dienone is 5. The highest BCUT2D eigenvalue weighted by Gasteiger charge is 2.12. The summed E-state index contributed by atoms with van der Waals surface area (Å²) < 4.78 is 1.74. The normalized spacial score (nSPS) is 16.9. The second-order valence-electron chi connectivity index (χ2n) is 3.93. The molecule has 0 fully saturated rings. The fraction of sp³-hybridized carbons (Fsp3) is 0. The SMILES string of the molecule is O=C1C=CC=C/C1=C\c1c(O)nc2ccccn12. The number of ketones is 1. The number of carbonyl (C=O) groups excluding carboxylic acids is 1. The number of hydrogen-bond donors (Lipinski definition) is 1. The minimum atomic E-state index is -0.0808. The summed E-state index contributed by atoms with van der Waals surface area (Å²) in [7, 11) is 0. The molecular weight excluding hydrogens is 228 g/mol. The largest absolute Gasteiger partial charge is 0.492 e. The van der Waals surface area contributed by atoms with Gasteiger partial charge in [-0.3, -0.25) is 9.20 Å². The van der Waals surface area contributed by atoms with Crippen LogP contribution in [0.25, 0.3) is 11.7 Å². The van der Waals surface area contributed by atoms with Gasteiger partial charge in [-0.05, 0) is 24.3 Å². The third-order valence-electron chi connectivity index (χ3n) is 2.76. The van der Waals surface area contributed by atoms with Crippen molar-refractivity contribution in [3.05, 3.63) is 60.0 Å². The molecule has 0 aromatic carbocycles. The number of hydrogen-bond acceptors (Lipinski definition) is 3. The zero-order valence-corrected chi connectivity index (χ0v) is 9.45. The van der Waals surface area contributed by atoms with E-state index in [1.165, 1.54) is 6.08 Å². The first kappa shape index (κ1) is 10.5. The molecule has 18 heavy (non-hydrogen) atoms. The van der Waals surface area contributed by atoms with Crippen molar-refractivity contribution < 1.29 is 9.90 Å². The minimum absolute atomic E-state index is 0.0792. The van der Waals surface area contributed by atoms with Crippen LogP contribution < -0.4 is 0 Å². The molecule has 1 N–H and O–H groups in total. The zero-order valence-electron chi connectivity index (χ0n) is 9.45. The van der Waals surface area contributed by atoms with Gasteiger partial charge in [0.05, 0.1) is 0 Å². The Morgan fingerprint density at radius 3 is 2.89 bits per heavy atom. The zero-order chi connectivity index (χ0) is 12.5. The molecule has 0 atom stereocenters. The van der Waals surface area contributed by atoms with E-state index in [1.54, 1.807) is 41.0 Å². The van der Waals surface area contributed by atoms with Gasteiger partial charge in [0.15, 0.2) is 5.78 Å². The molecule has 3 rings (SSSR count). The Hall–Kier alpha value is -2.62. The number of rotatable bonds is 1. The van der Waals surface area contributed by atoms with Crippen LogP contribution in [0.15, 0.2) is 54.3 Å². The Morgan fingerprint density at radius 2 is 2.06 bits per heavy atom. The third kappa shape index (κ3) is 1.64. The first-order valence-electron chi connectivity index (χ1n) is 5.52. The number of nitrogens with zero attached hydrogens (tertiary/aromatic N) is 2. The number of aromatic nitrogens is 2. The molecule has 88 valence electrons. The van der Waals surface area contributed by atoms with E-state index in [-0.39, 0.29) is 11.7 Å². The Morgan fingerprint density at radius 1 is 1.22 bits per heavy atom. The van der Waals surface area contributed by atoms with E-state index >= 15 is 0 Å². The van der Waals surface area contributed by atoms with Crippen LogP contribution >= 0.6 is 0 Å². The van der Waals surface area contributed by atoms with Gasteiger partial charge >= 0.3 is 0 Å². The van der Waals surface area contributed by atoms with Crippen molar-refractivity contribution in [1.29, 1.82) is 0 Å². The molecule has 2 aromatic rings. The first-order valence-corrected chi connectivity index (χ1v) is 5.52. The quantitative estimate of drug-likeness (QED) is 0.774. The molecule has 2 aromatic heterocycles. The summed E-state index contributed by atoms with van der Waals surface area (Å²) in [6.45, 7) is 0. The molecule has 0 radical (unpaired) electrons. The lowest BCUT2D eigenvalue weighted by molar-refractivity contribution is -0.111. The van der Waals surface area contributed by atoms with E-state index in [0.29, 0.717) is 16.9 Å². The molecule has 4 nitrogen and oxygen atoms in total. The number of aromatic hydroxyl groups is 1. The fourth-order valence-corrected chi connectivity index (χ4v) is 1.88. The van der Waals surface area contributed by atoms with Crippen molar-refractivity contribution in [2.45, 2.75) is 0 Å². The average molecular weight is 238 g/mol. The first-order chi connectivity index (χ1) is 8.75. The summed E-state index contributed by atoms with van der Waals surface area (Å²) in [4.78, 5) is 15.7. The van der Waals surface area contributed by atoms with Gasteiger partial charge < -0.3 is 5.11 Å². The molecule has 0 bridgehead atoms. The van der Waals surface area contributed by atoms with Crippen molar-refractivity contribution in [2.24, 2.45) is 0 Å². The summed E-state index contributed by atoms with van der Waals surface area (Å²) >= 11 is 0. The van der Waals surface area contributed by atoms with E-state index in [4.69, 9.17) is 0 Å². The van der Waals surface area contributed by atoms with E-state index in [9.17, 15) is 9.90 Å². The maximum atomic E-state index is 11.7. The van der Waals surface area contributed by atoms with E-state index in [0.717, 1.165) is 0 Å². The summed E-state index contributed by atoms with van der Waals surface area (Å²) in [5.74, 6) is -0.160. The fourth-order valence-electron chi connectivity index (χ4n) is 1.88. The number of pyridine rings is 1. The van der Waals surface area contributed by atoms with Crippen LogP contribution in [-0.2, 0) is 4.79 Å². The predicted molar refractivity (Wildman–Crippen MR) is 68.1 cm³/mol. The Bertz CT molecular complexity index is 720. The van der Waals surface area contributed by atoms with E-state index in [2.05, 4.69) is 4.98 Å². The van der Waals surface area contributed by atoms with Crippen molar-refractivity contribution in [2.75, 3.05) is 0 Å². The second kappa shape index (κ2) is 4.00. The standard InChI is InChI=1S/C14H10N2O2/c17-12-6-2-1-5-10(12)9-11-14(18)15-13-7-3-4-8-16(11)13/h1-9,18H/b10-9+. The van der Waals surface area contributed by atoms with Gasteiger partial charge in [0, 0.05) is 11.8 Å². The molecule has 1 aliphatic carbocycles. The predicted octanol–water partition coefficient (Wildman–Crippen LogP) is 2.12. The van der Waals surface area contributed by atoms with Crippen LogP contribution in [0, 0.1) is 0 Å². The molecule has 0 unspecified atom stereocenters. The minimum Gasteiger partial charge on any atom is -0.492 e. The summed E-state index contributed by atoms with van der Waals surface area (Å²) in [5, 5.41) is 9.82. The number of fused-ring (bicyclic) bond motifs is 1. The van der Waals surface area contributed by atoms with E-state index in [1.807, 2.05) is 12.1 Å². The maximum absolute atomic E-state index is 11.7. The Kier molecular flexibility index (Phi) is 2.34. The highest BCUT2D eigenvalue weighted by Crippen LogP contribution is 2.22. The molecular formula is C14H10N2O2. The summed E-state index contributed by atoms with van der Waals surface area (Å²) in [5.41, 5.74) is 1.68. The lowest BCUT2D eigenvalue weighted by Crippen LogP contribution is -1.99. The van der Waals surface area contributed by atoms with Crippen molar-refractivity contribution >= 4 is 17.5 Å². The molecule has 0 saturated heterocycles. The second-order valence-corrected chi connectivity index (χ2v) is 3.93. The van der Waals surface area contributed by atoms with Crippen LogP contribution in [0.4, 0.5) is 0 Å². The van der Waals surface area contributed by atoms with Crippen LogP contribution in [0.3, 0.4) is 0 Å². The van der Waals surface area contributed by atoms with Crippen molar-refractivity contribution in [1.82, 2.24) is 9.38 Å². The molecule has 1 aliphatic rings. The Labute approximate surface area is 103 Å². The van der Waals surface area contributed by atoms with Crippen LogP contribution in [0.5, 0.6) is 5.88 Å². The Balaban J connectivity index is 2.18. The maximum Gasteiger partial charge on any atom is 0.237 e. The number of carbonyl (C=O) groups is 1. The molecule has 0 spiro atoms. The molecule has 4 heteroatoms. The molecule has 0 saturated carbocycles. The van der Waals surface area contributed by atoms with Gasteiger partial charge in [-0.2, -0.15) is 4.98 Å². The van der Waals surface area contributed by atoms with Gasteiger partial charge in [-0.25, -0.2) is 0 Å². The van der Waals surface area contributed by atoms with Gasteiger partial charge in [0.25, 0.3) is 0 Å². The van der Waals surface area contributed by atoms with Crippen LogP contribution in [0.2, 0.25) is 0 Å². The smallest absolute Gasteiger partial charge is 0.237 e. The van der Waals surface area contributed by atoms with Gasteiger partial charge in [-0.1, -0.05) is 24.3 Å². The van der Waals surface area contributed by atoms with Gasteiger partial charge in [0.2, 0.25) is 5.88 Å². The van der Waals surface area contributed by atoms with Crippen molar-refractivity contribution in [3.8, 4) is 5.88 Å². The van der Waals surface area contributed by atoms with Gasteiger partial charge in [0.1, 0.15) is 11.3 Å². The molecule has 2 heterocycles. The average Bonchev–Trinajstić information content (AvgIpc) is 2.69. The monoisotopic (exact) mass is 238 g/mol. The van der Waals surface area contributed by atoms with E-state index < -0.39 is 0 Å². The number of imidazole rings is 1. The lowest BCUT2D eigenvalue weighted by atomic mass is 10.1.